The molecule has 5 nitrogen and oxygen atoms in total. The first kappa shape index (κ1) is 53.8. The Labute approximate surface area is 539 Å². The SMILES string of the molecule is CC1(C)c2ccccc2-c2sc3c(ccc4c5ccc6ccccc6c5n(-c5nc(-c6ccccc6)c6ccccc6n5)c43)c21.CC1(C)c2ccccc2-c2sc3c4c(ccc3c21)-c1ccc2ccccc2c1C4.Clc1nc(-c2ccccc2)c2ccccc2n1. The van der Waals surface area contributed by atoms with Crippen LogP contribution in [0.2, 0.25) is 5.28 Å². The van der Waals surface area contributed by atoms with E-state index >= 15 is 0 Å². The quantitative estimate of drug-likeness (QED) is 0.165. The fraction of sp³-hybridized carbons (Fsp3) is 0.0843. The predicted octanol–water partition coefficient (Wildman–Crippen LogP) is 23.0. The first-order valence-corrected chi connectivity index (χ1v) is 33.1. The van der Waals surface area contributed by atoms with Crippen molar-refractivity contribution in [1.82, 2.24) is 24.5 Å². The summed E-state index contributed by atoms with van der Waals surface area (Å²) in [6, 6.07) is 90.7. The lowest BCUT2D eigenvalue weighted by Gasteiger charge is -2.21. The maximum atomic E-state index is 5.95. The van der Waals surface area contributed by atoms with Gasteiger partial charge >= 0.3 is 0 Å². The molecule has 8 heteroatoms. The number of nitrogens with zero attached hydrogens (tertiary/aromatic N) is 5. The standard InChI is InChI=1S/C41H27N3S.C28H20S.C14H9ClN2/c1-41(2)32-18-10-8-16-29(32)38-34(41)31-23-22-28-27-21-20-24-12-6-7-15-26(24)36(27)44(37(28)39(31)45-38)40-42-33-19-11-9-17-30(33)35(43-40)25-13-4-3-5-14-25;1-28(2)24-10-6-5-9-20(24)27-25(28)21-14-13-19-18-12-11-16-7-3-4-8-17(16)22(18)15-23(19)26(21)29-27;15-14-16-12-9-5-4-8-11(12)13(17-14)10-6-2-1-3-7-10/h3-23H,1-2H3;3-14H,15H2,1-2H3;1-9H. The zero-order valence-corrected chi connectivity index (χ0v) is 52.8. The van der Waals surface area contributed by atoms with Crippen molar-refractivity contribution < 1.29 is 0 Å². The van der Waals surface area contributed by atoms with Crippen LogP contribution in [0.3, 0.4) is 0 Å². The van der Waals surface area contributed by atoms with Crippen LogP contribution < -0.4 is 0 Å². The number of hydrogen-bond donors (Lipinski definition) is 0. The molecular formula is C83H56ClN5S2. The summed E-state index contributed by atoms with van der Waals surface area (Å²) in [5, 5.41) is 12.7. The Bertz CT molecular complexity index is 5900. The molecule has 3 aliphatic rings. The number of para-hydroxylation sites is 2. The van der Waals surface area contributed by atoms with Crippen molar-refractivity contribution in [3.05, 3.63) is 293 Å². The van der Waals surface area contributed by atoms with Crippen LogP contribution in [0.4, 0.5) is 0 Å². The Hall–Kier alpha value is -10.2. The van der Waals surface area contributed by atoms with E-state index < -0.39 is 0 Å². The van der Waals surface area contributed by atoms with Crippen LogP contribution in [0.15, 0.2) is 255 Å². The van der Waals surface area contributed by atoms with Gasteiger partial charge in [0.15, 0.2) is 0 Å². The van der Waals surface area contributed by atoms with E-state index in [9.17, 15) is 0 Å². The summed E-state index contributed by atoms with van der Waals surface area (Å²) in [4.78, 5) is 22.1. The van der Waals surface area contributed by atoms with Gasteiger partial charge in [0.05, 0.1) is 38.2 Å². The van der Waals surface area contributed by atoms with Crippen LogP contribution in [0.1, 0.15) is 61.1 Å². The molecule has 0 bridgehead atoms. The van der Waals surface area contributed by atoms with Gasteiger partial charge in [0, 0.05) is 69.8 Å². The Morgan fingerprint density at radius 1 is 0.352 bits per heavy atom. The normalized spacial score (nSPS) is 13.7. The number of halogens is 1. The van der Waals surface area contributed by atoms with E-state index in [2.05, 4.69) is 242 Å². The van der Waals surface area contributed by atoms with Gasteiger partial charge < -0.3 is 0 Å². The number of fused-ring (bicyclic) bond motifs is 24. The molecule has 0 aliphatic heterocycles. The minimum Gasteiger partial charge on any atom is -0.276 e. The largest absolute Gasteiger partial charge is 0.276 e. The maximum Gasteiger partial charge on any atom is 0.235 e. The van der Waals surface area contributed by atoms with Crippen LogP contribution in [-0.4, -0.2) is 24.5 Å². The van der Waals surface area contributed by atoms with Crippen molar-refractivity contribution >= 4 is 120 Å². The minimum absolute atomic E-state index is 0.0660. The summed E-state index contributed by atoms with van der Waals surface area (Å²) >= 11 is 9.88. The summed E-state index contributed by atoms with van der Waals surface area (Å²) in [5.74, 6) is 0.699. The van der Waals surface area contributed by atoms with Crippen molar-refractivity contribution in [1.29, 1.82) is 0 Å². The number of aromatic nitrogens is 5. The van der Waals surface area contributed by atoms with Gasteiger partial charge in [-0.1, -0.05) is 270 Å². The lowest BCUT2D eigenvalue weighted by molar-refractivity contribution is 0.667. The molecule has 0 radical (unpaired) electrons. The first-order valence-electron chi connectivity index (χ1n) is 31.1. The molecule has 0 N–H and O–H groups in total. The van der Waals surface area contributed by atoms with Gasteiger partial charge in [0.25, 0.3) is 0 Å². The molecule has 0 saturated carbocycles. The number of rotatable bonds is 3. The van der Waals surface area contributed by atoms with Gasteiger partial charge in [-0.15, -0.1) is 22.7 Å². The minimum atomic E-state index is -0.0820. The average Bonchev–Trinajstić information content (AvgIpc) is 1.54. The van der Waals surface area contributed by atoms with Crippen molar-refractivity contribution in [3.63, 3.8) is 0 Å². The Morgan fingerprint density at radius 2 is 0.802 bits per heavy atom. The van der Waals surface area contributed by atoms with Gasteiger partial charge in [-0.25, -0.2) is 19.9 Å². The third-order valence-corrected chi connectivity index (χ3v) is 22.2. The fourth-order valence-corrected chi connectivity index (χ4v) is 18.7. The lowest BCUT2D eigenvalue weighted by Crippen LogP contribution is -2.14. The van der Waals surface area contributed by atoms with Gasteiger partial charge in [0.1, 0.15) is 0 Å². The van der Waals surface area contributed by atoms with E-state index in [1.807, 2.05) is 77.3 Å². The highest BCUT2D eigenvalue weighted by Crippen LogP contribution is 2.59. The smallest absolute Gasteiger partial charge is 0.235 e. The number of hydrogen-bond acceptors (Lipinski definition) is 6. The van der Waals surface area contributed by atoms with Crippen molar-refractivity contribution in [2.75, 3.05) is 0 Å². The van der Waals surface area contributed by atoms with Crippen LogP contribution in [0.5, 0.6) is 0 Å². The van der Waals surface area contributed by atoms with Gasteiger partial charge in [0.2, 0.25) is 11.2 Å². The Kier molecular flexibility index (Phi) is 12.1. The second-order valence-electron chi connectivity index (χ2n) is 25.2. The third-order valence-electron chi connectivity index (χ3n) is 19.5. The van der Waals surface area contributed by atoms with Crippen LogP contribution in [0.25, 0.3) is 146 Å². The third kappa shape index (κ3) is 8.14. The predicted molar refractivity (Wildman–Crippen MR) is 385 cm³/mol. The highest BCUT2D eigenvalue weighted by molar-refractivity contribution is 7.23. The molecule has 0 atom stereocenters. The lowest BCUT2D eigenvalue weighted by atomic mass is 9.81. The van der Waals surface area contributed by atoms with Crippen LogP contribution in [0, 0.1) is 0 Å². The monoisotopic (exact) mass is 1220 g/mol. The van der Waals surface area contributed by atoms with E-state index in [4.69, 9.17) is 21.6 Å². The molecule has 12 aromatic carbocycles. The topological polar surface area (TPSA) is 56.5 Å². The summed E-state index contributed by atoms with van der Waals surface area (Å²) in [6.07, 6.45) is 1.05. The van der Waals surface area contributed by atoms with E-state index in [0.29, 0.717) is 5.95 Å². The molecule has 432 valence electrons. The van der Waals surface area contributed by atoms with Crippen molar-refractivity contribution in [2.45, 2.75) is 44.9 Å². The molecule has 91 heavy (non-hydrogen) atoms. The van der Waals surface area contributed by atoms with Crippen molar-refractivity contribution in [2.24, 2.45) is 0 Å². The molecule has 0 amide bonds. The molecular weight excluding hydrogens is 1170 g/mol. The van der Waals surface area contributed by atoms with E-state index in [1.54, 1.807) is 0 Å². The Morgan fingerprint density at radius 3 is 1.46 bits per heavy atom. The molecule has 0 saturated heterocycles. The molecule has 5 heterocycles. The highest BCUT2D eigenvalue weighted by atomic mass is 35.5. The zero-order valence-electron chi connectivity index (χ0n) is 50.4. The Balaban J connectivity index is 0.000000113. The van der Waals surface area contributed by atoms with E-state index in [-0.39, 0.29) is 16.1 Å². The molecule has 0 unspecified atom stereocenters. The first-order chi connectivity index (χ1) is 44.6. The molecule has 0 fully saturated rings. The molecule has 17 aromatic rings. The van der Waals surface area contributed by atoms with E-state index in [0.717, 1.165) is 56.3 Å². The summed E-state index contributed by atoms with van der Waals surface area (Å²) in [5.41, 5.74) is 22.6. The summed E-state index contributed by atoms with van der Waals surface area (Å²) < 4.78 is 5.15. The second kappa shape index (κ2) is 20.4. The average molecular weight is 1220 g/mol. The fourth-order valence-electron chi connectivity index (χ4n) is 15.4. The van der Waals surface area contributed by atoms with Gasteiger partial charge in [-0.3, -0.25) is 4.57 Å². The van der Waals surface area contributed by atoms with E-state index in [1.165, 1.54) is 123 Å². The van der Waals surface area contributed by atoms with Crippen LogP contribution >= 0.6 is 34.3 Å². The summed E-state index contributed by atoms with van der Waals surface area (Å²) in [6.45, 7) is 9.52. The maximum absolute atomic E-state index is 5.95. The zero-order chi connectivity index (χ0) is 60.9. The van der Waals surface area contributed by atoms with Gasteiger partial charge in [-0.05, 0) is 106 Å². The number of benzene rings is 12. The molecule has 0 spiro atoms. The second-order valence-corrected chi connectivity index (χ2v) is 27.6. The summed E-state index contributed by atoms with van der Waals surface area (Å²) in [7, 11) is 0. The highest BCUT2D eigenvalue weighted by Gasteiger charge is 2.41. The van der Waals surface area contributed by atoms with Gasteiger partial charge in [-0.2, -0.15) is 0 Å². The molecule has 5 aromatic heterocycles. The number of thiophene rings is 2. The molecule has 3 aliphatic carbocycles. The van der Waals surface area contributed by atoms with Crippen LogP contribution in [-0.2, 0) is 17.3 Å². The molecule has 20 rings (SSSR count). The van der Waals surface area contributed by atoms with Crippen molar-refractivity contribution in [3.8, 4) is 60.5 Å².